The van der Waals surface area contributed by atoms with Crippen LogP contribution in [0.5, 0.6) is 0 Å². The van der Waals surface area contributed by atoms with E-state index in [1.54, 1.807) is 12.4 Å². The van der Waals surface area contributed by atoms with Crippen molar-refractivity contribution >= 4 is 6.29 Å². The van der Waals surface area contributed by atoms with Gasteiger partial charge in [-0.1, -0.05) is 63.3 Å². The van der Waals surface area contributed by atoms with Gasteiger partial charge in [-0.3, -0.25) is 14.9 Å². The molecule has 0 spiro atoms. The molecule has 4 nitrogen and oxygen atoms in total. The summed E-state index contributed by atoms with van der Waals surface area (Å²) in [6.07, 6.45) is 23.3. The Morgan fingerprint density at radius 2 is 1.62 bits per heavy atom. The molecule has 0 aliphatic carbocycles. The molecule has 0 saturated heterocycles. The van der Waals surface area contributed by atoms with Crippen LogP contribution in [0.4, 0.5) is 0 Å². The fourth-order valence-electron chi connectivity index (χ4n) is 2.34. The smallest absolute Gasteiger partial charge is 0.242 e. The molecular formula is C20H32NO3. The molecule has 0 rings (SSSR count). The Balaban J connectivity index is 3.74. The maximum absolute atomic E-state index is 10.8. The monoisotopic (exact) mass is 334 g/mol. The van der Waals surface area contributed by atoms with Gasteiger partial charge in [-0.25, -0.2) is 0 Å². The maximum Gasteiger partial charge on any atom is 0.242 e. The fourth-order valence-corrected chi connectivity index (χ4v) is 2.34. The molecule has 4 heteroatoms. The van der Waals surface area contributed by atoms with E-state index in [4.69, 9.17) is 0 Å². The third-order valence-corrected chi connectivity index (χ3v) is 3.77. The Hall–Kier alpha value is -1.71. The second kappa shape index (κ2) is 17.6. The summed E-state index contributed by atoms with van der Waals surface area (Å²) in [7, 11) is 0. The predicted molar refractivity (Wildman–Crippen MR) is 100 cm³/mol. The van der Waals surface area contributed by atoms with Crippen LogP contribution in [0.15, 0.2) is 36.1 Å². The van der Waals surface area contributed by atoms with Gasteiger partial charge in [0, 0.05) is 12.8 Å². The van der Waals surface area contributed by atoms with E-state index < -0.39 is 0 Å². The molecule has 1 radical (unpaired) electrons. The number of allylic oxidation sites excluding steroid dienone is 6. The molecule has 0 aliphatic heterocycles. The molecule has 0 fully saturated rings. The molecule has 0 heterocycles. The van der Waals surface area contributed by atoms with Crippen molar-refractivity contribution in [1.29, 1.82) is 0 Å². The summed E-state index contributed by atoms with van der Waals surface area (Å²) in [5, 5.41) is 10.8. The van der Waals surface area contributed by atoms with Crippen molar-refractivity contribution < 1.29 is 9.72 Å². The quantitative estimate of drug-likeness (QED) is 0.149. The van der Waals surface area contributed by atoms with Crippen molar-refractivity contribution in [2.24, 2.45) is 0 Å². The van der Waals surface area contributed by atoms with Crippen molar-refractivity contribution in [3.8, 4) is 0 Å². The van der Waals surface area contributed by atoms with Crippen molar-refractivity contribution in [2.45, 2.75) is 84.0 Å². The zero-order valence-corrected chi connectivity index (χ0v) is 15.0. The van der Waals surface area contributed by atoms with E-state index in [2.05, 4.69) is 19.1 Å². The van der Waals surface area contributed by atoms with Crippen LogP contribution in [0.25, 0.3) is 0 Å². The van der Waals surface area contributed by atoms with Crippen LogP contribution >= 0.6 is 0 Å². The topological polar surface area (TPSA) is 60.2 Å². The Bertz CT molecular complexity index is 411. The Labute approximate surface area is 146 Å². The average molecular weight is 334 g/mol. The van der Waals surface area contributed by atoms with Gasteiger partial charge in [0.05, 0.1) is 4.92 Å². The highest BCUT2D eigenvalue weighted by Crippen LogP contribution is 2.09. The third-order valence-electron chi connectivity index (χ3n) is 3.77. The van der Waals surface area contributed by atoms with Crippen molar-refractivity contribution in [1.82, 2.24) is 0 Å². The van der Waals surface area contributed by atoms with Crippen LogP contribution in [-0.2, 0) is 4.79 Å². The van der Waals surface area contributed by atoms with E-state index in [0.717, 1.165) is 12.8 Å². The van der Waals surface area contributed by atoms with Gasteiger partial charge in [0.25, 0.3) is 0 Å². The van der Waals surface area contributed by atoms with Crippen molar-refractivity contribution in [2.75, 3.05) is 0 Å². The highest BCUT2D eigenvalue weighted by Gasteiger charge is 2.08. The predicted octanol–water partition coefficient (Wildman–Crippen LogP) is 6.07. The Morgan fingerprint density at radius 1 is 0.958 bits per heavy atom. The van der Waals surface area contributed by atoms with Crippen molar-refractivity contribution in [3.63, 3.8) is 0 Å². The minimum atomic E-state index is -0.362. The molecule has 0 unspecified atom stereocenters. The molecule has 0 aliphatic rings. The lowest BCUT2D eigenvalue weighted by atomic mass is 10.1. The molecule has 0 saturated carbocycles. The minimum absolute atomic E-state index is 0.188. The van der Waals surface area contributed by atoms with Crippen molar-refractivity contribution in [3.05, 3.63) is 46.2 Å². The normalized spacial score (nSPS) is 12.3. The molecule has 0 amide bonds. The minimum Gasteiger partial charge on any atom is -0.291 e. The Morgan fingerprint density at radius 3 is 2.33 bits per heavy atom. The van der Waals surface area contributed by atoms with Gasteiger partial charge in [0.15, 0.2) is 6.29 Å². The number of nitro groups is 1. The summed E-state index contributed by atoms with van der Waals surface area (Å²) in [4.78, 5) is 20.6. The molecule has 24 heavy (non-hydrogen) atoms. The van der Waals surface area contributed by atoms with E-state index in [9.17, 15) is 14.9 Å². The lowest BCUT2D eigenvalue weighted by Gasteiger charge is -1.97. The lowest BCUT2D eigenvalue weighted by Crippen LogP contribution is -1.98. The fraction of sp³-hybridized carbons (Fsp3) is 0.650. The van der Waals surface area contributed by atoms with Crippen LogP contribution in [-0.4, -0.2) is 11.2 Å². The molecule has 0 aromatic carbocycles. The van der Waals surface area contributed by atoms with Gasteiger partial charge in [-0.15, -0.1) is 0 Å². The van der Waals surface area contributed by atoms with Crippen LogP contribution in [0, 0.1) is 10.1 Å². The van der Waals surface area contributed by atoms with Gasteiger partial charge in [0.1, 0.15) is 0 Å². The SMILES string of the molecule is CCCCCCCC/C=C/C/C=C/C/C=C(/CCC[C]=O)[N+](=O)[O-]. The number of hydrogen-bond acceptors (Lipinski definition) is 3. The summed E-state index contributed by atoms with van der Waals surface area (Å²) in [5.41, 5.74) is 0.188. The van der Waals surface area contributed by atoms with Gasteiger partial charge in [0.2, 0.25) is 5.70 Å². The zero-order chi connectivity index (χ0) is 17.9. The molecule has 0 atom stereocenters. The molecule has 0 bridgehead atoms. The first kappa shape index (κ1) is 22.3. The number of nitrogens with zero attached hydrogens (tertiary/aromatic N) is 1. The summed E-state index contributed by atoms with van der Waals surface area (Å²) < 4.78 is 0. The first-order valence-corrected chi connectivity index (χ1v) is 9.20. The van der Waals surface area contributed by atoms with E-state index in [0.29, 0.717) is 19.3 Å². The summed E-state index contributed by atoms with van der Waals surface area (Å²) in [5.74, 6) is 0. The van der Waals surface area contributed by atoms with Crippen LogP contribution < -0.4 is 0 Å². The first-order valence-electron chi connectivity index (χ1n) is 9.20. The van der Waals surface area contributed by atoms with Gasteiger partial charge >= 0.3 is 0 Å². The second-order valence-electron chi connectivity index (χ2n) is 5.92. The van der Waals surface area contributed by atoms with Gasteiger partial charge < -0.3 is 0 Å². The zero-order valence-electron chi connectivity index (χ0n) is 15.0. The lowest BCUT2D eigenvalue weighted by molar-refractivity contribution is -0.428. The van der Waals surface area contributed by atoms with E-state index in [-0.39, 0.29) is 17.0 Å². The summed E-state index contributed by atoms with van der Waals surface area (Å²) in [6, 6.07) is 0. The Kier molecular flexibility index (Phi) is 16.4. The molecule has 135 valence electrons. The number of carbonyl (C=O) groups excluding carboxylic acids is 1. The van der Waals surface area contributed by atoms with Crippen LogP contribution in [0.1, 0.15) is 84.0 Å². The number of rotatable bonds is 16. The van der Waals surface area contributed by atoms with E-state index in [1.807, 2.05) is 12.2 Å². The van der Waals surface area contributed by atoms with Gasteiger partial charge in [-0.05, 0) is 38.2 Å². The third kappa shape index (κ3) is 15.2. The van der Waals surface area contributed by atoms with Crippen LogP contribution in [0.3, 0.4) is 0 Å². The largest absolute Gasteiger partial charge is 0.291 e. The molecule has 0 N–H and O–H groups in total. The molecular weight excluding hydrogens is 302 g/mol. The standard InChI is InChI=1S/C20H32NO3/c1-2-3-4-5-6-7-8-9-10-11-12-13-14-17-20(21(23)24)18-15-16-19-22/h9-10,12-13,17H,2-8,11,14-16,18H2,1H3/b10-9+,13-12+,20-17-. The number of unbranched alkanes of at least 4 members (excludes halogenated alkanes) is 7. The van der Waals surface area contributed by atoms with Crippen LogP contribution in [0.2, 0.25) is 0 Å². The van der Waals surface area contributed by atoms with E-state index >= 15 is 0 Å². The highest BCUT2D eigenvalue weighted by molar-refractivity contribution is 5.50. The number of hydrogen-bond donors (Lipinski definition) is 0. The first-order chi connectivity index (χ1) is 11.7. The maximum atomic E-state index is 10.8. The average Bonchev–Trinajstić information content (AvgIpc) is 2.57. The highest BCUT2D eigenvalue weighted by atomic mass is 16.6. The molecule has 0 aromatic rings. The summed E-state index contributed by atoms with van der Waals surface area (Å²) in [6.45, 7) is 2.23. The van der Waals surface area contributed by atoms with Gasteiger partial charge in [-0.2, -0.15) is 0 Å². The second-order valence-corrected chi connectivity index (χ2v) is 5.92. The summed E-state index contributed by atoms with van der Waals surface area (Å²) >= 11 is 0. The van der Waals surface area contributed by atoms with E-state index in [1.165, 1.54) is 38.5 Å². The molecule has 0 aromatic heterocycles.